The molecule has 0 aliphatic heterocycles. The Morgan fingerprint density at radius 3 is 2.78 bits per heavy atom. The van der Waals surface area contributed by atoms with Crippen molar-refractivity contribution in [1.29, 1.82) is 0 Å². The molecule has 0 bridgehead atoms. The number of carboxylic acid groups (broad SMARTS) is 1. The zero-order valence-corrected chi connectivity index (χ0v) is 10.2. The van der Waals surface area contributed by atoms with Crippen LogP contribution in [0.1, 0.15) is 41.9 Å². The van der Waals surface area contributed by atoms with E-state index in [0.717, 1.165) is 12.8 Å². The van der Waals surface area contributed by atoms with Crippen LogP contribution >= 0.6 is 0 Å². The van der Waals surface area contributed by atoms with Crippen molar-refractivity contribution in [3.05, 3.63) is 17.5 Å². The molecule has 1 amide bonds. The molecule has 0 spiro atoms. The average Bonchev–Trinajstić information content (AvgIpc) is 2.76. The second kappa shape index (κ2) is 5.20. The van der Waals surface area contributed by atoms with Gasteiger partial charge in [0.1, 0.15) is 0 Å². The summed E-state index contributed by atoms with van der Waals surface area (Å²) >= 11 is 0. The number of carboxylic acids is 1. The third-order valence-electron chi connectivity index (χ3n) is 3.25. The summed E-state index contributed by atoms with van der Waals surface area (Å²) in [5.41, 5.74) is 0.624. The Labute approximate surface area is 104 Å². The maximum absolute atomic E-state index is 11.9. The fraction of sp³-hybridized carbons (Fsp3) is 0.583. The van der Waals surface area contributed by atoms with E-state index in [1.54, 1.807) is 6.92 Å². The number of nitrogens with zero attached hydrogens (tertiary/aromatic N) is 1. The zero-order chi connectivity index (χ0) is 13.1. The minimum absolute atomic E-state index is 0.127. The molecule has 1 heterocycles. The van der Waals surface area contributed by atoms with Crippen molar-refractivity contribution < 1.29 is 19.2 Å². The normalized spacial score (nSPS) is 23.6. The van der Waals surface area contributed by atoms with Crippen molar-refractivity contribution in [3.8, 4) is 0 Å². The van der Waals surface area contributed by atoms with E-state index in [1.807, 2.05) is 0 Å². The third-order valence-corrected chi connectivity index (χ3v) is 3.25. The molecular formula is C12H16N2O4. The Morgan fingerprint density at radius 2 is 2.17 bits per heavy atom. The van der Waals surface area contributed by atoms with Crippen molar-refractivity contribution in [2.75, 3.05) is 0 Å². The molecule has 1 saturated carbocycles. The molecule has 2 atom stereocenters. The summed E-state index contributed by atoms with van der Waals surface area (Å²) in [6.45, 7) is 1.72. The van der Waals surface area contributed by atoms with Crippen LogP contribution in [-0.4, -0.2) is 28.2 Å². The van der Waals surface area contributed by atoms with Crippen LogP contribution in [0.3, 0.4) is 0 Å². The van der Waals surface area contributed by atoms with E-state index in [1.165, 1.54) is 6.07 Å². The van der Waals surface area contributed by atoms with Crippen LogP contribution in [0.2, 0.25) is 0 Å². The molecule has 98 valence electrons. The van der Waals surface area contributed by atoms with Crippen LogP contribution in [0.15, 0.2) is 10.6 Å². The van der Waals surface area contributed by atoms with E-state index in [9.17, 15) is 9.59 Å². The van der Waals surface area contributed by atoms with Crippen LogP contribution in [-0.2, 0) is 4.79 Å². The number of carbonyl (C=O) groups excluding carboxylic acids is 1. The highest BCUT2D eigenvalue weighted by molar-refractivity contribution is 5.92. The third kappa shape index (κ3) is 2.69. The lowest BCUT2D eigenvalue weighted by atomic mass is 9.84. The SMILES string of the molecule is Cc1cc(C(=O)NC2CCCCC2C(=O)O)on1. The largest absolute Gasteiger partial charge is 0.481 e. The number of rotatable bonds is 3. The predicted octanol–water partition coefficient (Wildman–Crippen LogP) is 1.36. The van der Waals surface area contributed by atoms with Crippen molar-refractivity contribution in [2.45, 2.75) is 38.6 Å². The van der Waals surface area contributed by atoms with Crippen LogP contribution in [0.5, 0.6) is 0 Å². The molecule has 1 aliphatic carbocycles. The first kappa shape index (κ1) is 12.6. The number of nitrogens with one attached hydrogen (secondary N) is 1. The Balaban J connectivity index is 2.03. The van der Waals surface area contributed by atoms with Crippen LogP contribution in [0, 0.1) is 12.8 Å². The second-order valence-electron chi connectivity index (χ2n) is 4.64. The molecule has 6 heteroatoms. The minimum atomic E-state index is -0.853. The minimum Gasteiger partial charge on any atom is -0.481 e. The fourth-order valence-corrected chi connectivity index (χ4v) is 2.31. The van der Waals surface area contributed by atoms with Gasteiger partial charge in [0, 0.05) is 12.1 Å². The van der Waals surface area contributed by atoms with Gasteiger partial charge >= 0.3 is 5.97 Å². The molecule has 18 heavy (non-hydrogen) atoms. The maximum atomic E-state index is 11.9. The van der Waals surface area contributed by atoms with Crippen molar-refractivity contribution in [1.82, 2.24) is 10.5 Å². The smallest absolute Gasteiger partial charge is 0.308 e. The molecule has 0 aromatic carbocycles. The van der Waals surface area contributed by atoms with Gasteiger partial charge in [-0.25, -0.2) is 0 Å². The number of hydrogen-bond donors (Lipinski definition) is 2. The van der Waals surface area contributed by atoms with Crippen molar-refractivity contribution in [2.24, 2.45) is 5.92 Å². The van der Waals surface area contributed by atoms with E-state index < -0.39 is 17.8 Å². The summed E-state index contributed by atoms with van der Waals surface area (Å²) < 4.78 is 4.85. The number of carbonyl (C=O) groups is 2. The summed E-state index contributed by atoms with van der Waals surface area (Å²) in [6.07, 6.45) is 3.13. The fourth-order valence-electron chi connectivity index (χ4n) is 2.31. The van der Waals surface area contributed by atoms with Crippen LogP contribution in [0.4, 0.5) is 0 Å². The van der Waals surface area contributed by atoms with Gasteiger partial charge in [-0.1, -0.05) is 18.0 Å². The molecule has 1 aliphatic rings. The van der Waals surface area contributed by atoms with E-state index in [2.05, 4.69) is 10.5 Å². The van der Waals surface area contributed by atoms with Crippen molar-refractivity contribution in [3.63, 3.8) is 0 Å². The highest BCUT2D eigenvalue weighted by atomic mass is 16.5. The Bertz CT molecular complexity index is 455. The standard InChI is InChI=1S/C12H16N2O4/c1-7-6-10(18-14-7)11(15)13-9-5-3-2-4-8(9)12(16)17/h6,8-9H,2-5H2,1H3,(H,13,15)(H,16,17). The monoisotopic (exact) mass is 252 g/mol. The summed E-state index contributed by atoms with van der Waals surface area (Å²) in [7, 11) is 0. The van der Waals surface area contributed by atoms with Crippen LogP contribution < -0.4 is 5.32 Å². The summed E-state index contributed by atoms with van der Waals surface area (Å²) in [5.74, 6) is -1.63. The zero-order valence-electron chi connectivity index (χ0n) is 10.2. The quantitative estimate of drug-likeness (QED) is 0.847. The van der Waals surface area contributed by atoms with Gasteiger partial charge in [0.2, 0.25) is 5.76 Å². The predicted molar refractivity (Wildman–Crippen MR) is 62.1 cm³/mol. The molecular weight excluding hydrogens is 236 g/mol. The van der Waals surface area contributed by atoms with Gasteiger partial charge in [-0.05, 0) is 19.8 Å². The van der Waals surface area contributed by atoms with E-state index in [-0.39, 0.29) is 11.8 Å². The van der Waals surface area contributed by atoms with Gasteiger partial charge in [-0.2, -0.15) is 0 Å². The summed E-state index contributed by atoms with van der Waals surface area (Å²) in [5, 5.41) is 15.5. The van der Waals surface area contributed by atoms with Gasteiger partial charge in [-0.15, -0.1) is 0 Å². The molecule has 1 fully saturated rings. The lowest BCUT2D eigenvalue weighted by Gasteiger charge is -2.28. The number of aromatic nitrogens is 1. The maximum Gasteiger partial charge on any atom is 0.308 e. The second-order valence-corrected chi connectivity index (χ2v) is 4.64. The molecule has 6 nitrogen and oxygen atoms in total. The molecule has 0 saturated heterocycles. The molecule has 2 rings (SSSR count). The van der Waals surface area contributed by atoms with Gasteiger partial charge < -0.3 is 14.9 Å². The first-order chi connectivity index (χ1) is 8.58. The first-order valence-electron chi connectivity index (χ1n) is 6.05. The average molecular weight is 252 g/mol. The van der Waals surface area contributed by atoms with Crippen LogP contribution in [0.25, 0.3) is 0 Å². The molecule has 2 unspecified atom stereocenters. The summed E-state index contributed by atoms with van der Waals surface area (Å²) in [4.78, 5) is 23.0. The lowest BCUT2D eigenvalue weighted by Crippen LogP contribution is -2.45. The highest BCUT2D eigenvalue weighted by Gasteiger charge is 2.32. The van der Waals surface area contributed by atoms with E-state index in [0.29, 0.717) is 18.5 Å². The van der Waals surface area contributed by atoms with Gasteiger partial charge in [0.25, 0.3) is 5.91 Å². The van der Waals surface area contributed by atoms with E-state index in [4.69, 9.17) is 9.63 Å². The first-order valence-corrected chi connectivity index (χ1v) is 6.05. The number of aliphatic carboxylic acids is 1. The van der Waals surface area contributed by atoms with Gasteiger partial charge in [0.05, 0.1) is 11.6 Å². The topological polar surface area (TPSA) is 92.4 Å². The molecule has 1 aromatic rings. The molecule has 2 N–H and O–H groups in total. The van der Waals surface area contributed by atoms with Gasteiger partial charge in [0.15, 0.2) is 0 Å². The van der Waals surface area contributed by atoms with Crippen molar-refractivity contribution >= 4 is 11.9 Å². The number of amides is 1. The van der Waals surface area contributed by atoms with Gasteiger partial charge in [-0.3, -0.25) is 9.59 Å². The molecule has 0 radical (unpaired) electrons. The molecule has 1 aromatic heterocycles. The highest BCUT2D eigenvalue weighted by Crippen LogP contribution is 2.25. The number of aryl methyl sites for hydroxylation is 1. The lowest BCUT2D eigenvalue weighted by molar-refractivity contribution is -0.143. The summed E-state index contributed by atoms with van der Waals surface area (Å²) in [6, 6.07) is 1.21. The number of hydrogen-bond acceptors (Lipinski definition) is 4. The Morgan fingerprint density at radius 1 is 1.44 bits per heavy atom. The Kier molecular flexibility index (Phi) is 3.64. The Hall–Kier alpha value is -1.85. The van der Waals surface area contributed by atoms with E-state index >= 15 is 0 Å².